The monoisotopic (exact) mass is 253 g/mol. The molecule has 2 rings (SSSR count). The Labute approximate surface area is 104 Å². The van der Waals surface area contributed by atoms with Gasteiger partial charge in [0.25, 0.3) is 0 Å². The Balaban J connectivity index is 2.38. The predicted molar refractivity (Wildman–Crippen MR) is 64.6 cm³/mol. The van der Waals surface area contributed by atoms with Gasteiger partial charge in [-0.3, -0.25) is 0 Å². The molecule has 0 amide bonds. The van der Waals surface area contributed by atoms with Crippen LogP contribution >= 0.6 is 11.6 Å². The summed E-state index contributed by atoms with van der Waals surface area (Å²) in [4.78, 5) is 0. The molecule has 0 radical (unpaired) electrons. The number of hydrogen-bond donors (Lipinski definition) is 0. The van der Waals surface area contributed by atoms with Crippen LogP contribution in [0.1, 0.15) is 5.76 Å². The zero-order chi connectivity index (χ0) is 12.3. The average molecular weight is 254 g/mol. The van der Waals surface area contributed by atoms with Crippen molar-refractivity contribution >= 4 is 11.6 Å². The molecule has 0 fully saturated rings. The van der Waals surface area contributed by atoms with Crippen molar-refractivity contribution in [1.29, 1.82) is 0 Å². The third-order valence-corrected chi connectivity index (χ3v) is 2.63. The highest BCUT2D eigenvalue weighted by atomic mass is 35.5. The van der Waals surface area contributed by atoms with Crippen molar-refractivity contribution in [3.63, 3.8) is 0 Å². The molecule has 0 bridgehead atoms. The fourth-order valence-corrected chi connectivity index (χ4v) is 1.63. The van der Waals surface area contributed by atoms with E-state index in [1.165, 1.54) is 0 Å². The summed E-state index contributed by atoms with van der Waals surface area (Å²) in [6.07, 6.45) is 0. The van der Waals surface area contributed by atoms with Crippen LogP contribution in [0, 0.1) is 0 Å². The number of rotatable bonds is 4. The minimum atomic E-state index is 0.306. The minimum Gasteiger partial charge on any atom is -0.493 e. The van der Waals surface area contributed by atoms with Crippen molar-refractivity contribution in [2.75, 3.05) is 14.2 Å². The third-order valence-electron chi connectivity index (χ3n) is 2.37. The van der Waals surface area contributed by atoms with E-state index >= 15 is 0 Å². The molecule has 0 saturated heterocycles. The maximum absolute atomic E-state index is 5.66. The molecule has 0 spiro atoms. The summed E-state index contributed by atoms with van der Waals surface area (Å²) < 4.78 is 15.4. The molecule has 0 aliphatic carbocycles. The van der Waals surface area contributed by atoms with Gasteiger partial charge in [-0.2, -0.15) is 0 Å². The number of benzene rings is 1. The summed E-state index contributed by atoms with van der Waals surface area (Å²) >= 11 is 5.66. The van der Waals surface area contributed by atoms with Gasteiger partial charge in [-0.05, 0) is 18.2 Å². The van der Waals surface area contributed by atoms with E-state index in [9.17, 15) is 0 Å². The zero-order valence-electron chi connectivity index (χ0n) is 9.57. The highest BCUT2D eigenvalue weighted by Crippen LogP contribution is 2.32. The normalized spacial score (nSPS) is 10.3. The molecule has 1 heterocycles. The minimum absolute atomic E-state index is 0.306. The Morgan fingerprint density at radius 1 is 1.18 bits per heavy atom. The molecule has 0 unspecified atom stereocenters. The molecule has 1 aromatic carbocycles. The first-order valence-electron chi connectivity index (χ1n) is 5.02. The van der Waals surface area contributed by atoms with Crippen molar-refractivity contribution in [3.05, 3.63) is 30.0 Å². The molecule has 0 saturated carbocycles. The Kier molecular flexibility index (Phi) is 3.54. The maximum atomic E-state index is 5.66. The van der Waals surface area contributed by atoms with Gasteiger partial charge >= 0.3 is 0 Å². The molecule has 17 heavy (non-hydrogen) atoms. The van der Waals surface area contributed by atoms with Crippen molar-refractivity contribution in [1.82, 2.24) is 5.16 Å². The number of nitrogens with zero attached hydrogens (tertiary/aromatic N) is 1. The standard InChI is InChI=1S/C12H12ClNO3/c1-15-11-4-3-8(5-12(11)16-2)10-6-9(7-13)17-14-10/h3-6H,7H2,1-2H3. The second kappa shape index (κ2) is 5.10. The summed E-state index contributed by atoms with van der Waals surface area (Å²) in [6.45, 7) is 0. The molecule has 0 aliphatic rings. The van der Waals surface area contributed by atoms with Gasteiger partial charge in [0.15, 0.2) is 17.3 Å². The number of ether oxygens (including phenoxy) is 2. The van der Waals surface area contributed by atoms with Crippen LogP contribution < -0.4 is 9.47 Å². The SMILES string of the molecule is COc1ccc(-c2cc(CCl)on2)cc1OC. The third kappa shape index (κ3) is 2.36. The van der Waals surface area contributed by atoms with E-state index in [-0.39, 0.29) is 0 Å². The van der Waals surface area contributed by atoms with E-state index in [4.69, 9.17) is 25.6 Å². The molecule has 0 aliphatic heterocycles. The Morgan fingerprint density at radius 2 is 1.94 bits per heavy atom. The van der Waals surface area contributed by atoms with E-state index in [0.717, 1.165) is 11.3 Å². The van der Waals surface area contributed by atoms with Crippen molar-refractivity contribution in [3.8, 4) is 22.8 Å². The summed E-state index contributed by atoms with van der Waals surface area (Å²) in [6, 6.07) is 7.35. The molecular formula is C12H12ClNO3. The predicted octanol–water partition coefficient (Wildman–Crippen LogP) is 3.10. The van der Waals surface area contributed by atoms with E-state index < -0.39 is 0 Å². The lowest BCUT2D eigenvalue weighted by Crippen LogP contribution is -1.90. The van der Waals surface area contributed by atoms with Crippen LogP contribution in [0.4, 0.5) is 0 Å². The van der Waals surface area contributed by atoms with Gasteiger partial charge in [-0.1, -0.05) is 5.16 Å². The van der Waals surface area contributed by atoms with E-state index in [2.05, 4.69) is 5.16 Å². The van der Waals surface area contributed by atoms with Crippen LogP contribution in [0.5, 0.6) is 11.5 Å². The van der Waals surface area contributed by atoms with Gasteiger partial charge in [0.1, 0.15) is 5.69 Å². The van der Waals surface area contributed by atoms with Crippen molar-refractivity contribution in [2.24, 2.45) is 0 Å². The molecular weight excluding hydrogens is 242 g/mol. The average Bonchev–Trinajstić information content (AvgIpc) is 2.86. The van der Waals surface area contributed by atoms with Crippen LogP contribution in [0.3, 0.4) is 0 Å². The highest BCUT2D eigenvalue weighted by molar-refractivity contribution is 6.16. The lowest BCUT2D eigenvalue weighted by Gasteiger charge is -2.07. The molecule has 0 N–H and O–H groups in total. The molecule has 4 nitrogen and oxygen atoms in total. The summed E-state index contributed by atoms with van der Waals surface area (Å²) in [5.74, 6) is 2.27. The number of methoxy groups -OCH3 is 2. The zero-order valence-corrected chi connectivity index (χ0v) is 10.3. The fraction of sp³-hybridized carbons (Fsp3) is 0.250. The van der Waals surface area contributed by atoms with Crippen LogP contribution in [-0.4, -0.2) is 19.4 Å². The van der Waals surface area contributed by atoms with Crippen molar-refractivity contribution < 1.29 is 14.0 Å². The van der Waals surface area contributed by atoms with Crippen LogP contribution in [-0.2, 0) is 5.88 Å². The quantitative estimate of drug-likeness (QED) is 0.786. The second-order valence-electron chi connectivity index (χ2n) is 3.38. The van der Waals surface area contributed by atoms with E-state index in [1.54, 1.807) is 20.3 Å². The summed E-state index contributed by atoms with van der Waals surface area (Å²) in [5.41, 5.74) is 1.62. The summed E-state index contributed by atoms with van der Waals surface area (Å²) in [7, 11) is 3.19. The lowest BCUT2D eigenvalue weighted by molar-refractivity contribution is 0.355. The molecule has 2 aromatic rings. The first-order valence-corrected chi connectivity index (χ1v) is 5.56. The van der Waals surface area contributed by atoms with Gasteiger partial charge in [0.05, 0.1) is 20.1 Å². The van der Waals surface area contributed by atoms with Gasteiger partial charge < -0.3 is 14.0 Å². The number of hydrogen-bond acceptors (Lipinski definition) is 4. The molecule has 5 heteroatoms. The Morgan fingerprint density at radius 3 is 2.53 bits per heavy atom. The Hall–Kier alpha value is -1.68. The fourth-order valence-electron chi connectivity index (χ4n) is 1.51. The van der Waals surface area contributed by atoms with E-state index in [1.807, 2.05) is 18.2 Å². The highest BCUT2D eigenvalue weighted by Gasteiger charge is 2.09. The van der Waals surface area contributed by atoms with E-state index in [0.29, 0.717) is 23.1 Å². The van der Waals surface area contributed by atoms with Gasteiger partial charge in [-0.25, -0.2) is 0 Å². The van der Waals surface area contributed by atoms with Crippen LogP contribution in [0.25, 0.3) is 11.3 Å². The second-order valence-corrected chi connectivity index (χ2v) is 3.65. The number of aromatic nitrogens is 1. The largest absolute Gasteiger partial charge is 0.493 e. The molecule has 0 atom stereocenters. The topological polar surface area (TPSA) is 44.5 Å². The maximum Gasteiger partial charge on any atom is 0.161 e. The first kappa shape index (κ1) is 11.8. The van der Waals surface area contributed by atoms with Gasteiger partial charge in [-0.15, -0.1) is 11.6 Å². The number of halogens is 1. The lowest BCUT2D eigenvalue weighted by atomic mass is 10.1. The molecule has 1 aromatic heterocycles. The van der Waals surface area contributed by atoms with Crippen molar-refractivity contribution in [2.45, 2.75) is 5.88 Å². The Bertz CT molecular complexity index is 510. The molecule has 90 valence electrons. The smallest absolute Gasteiger partial charge is 0.161 e. The van der Waals surface area contributed by atoms with Gasteiger partial charge in [0, 0.05) is 11.6 Å². The first-order chi connectivity index (χ1) is 8.28. The van der Waals surface area contributed by atoms with Crippen LogP contribution in [0.2, 0.25) is 0 Å². The van der Waals surface area contributed by atoms with Gasteiger partial charge in [0.2, 0.25) is 0 Å². The summed E-state index contributed by atoms with van der Waals surface area (Å²) in [5, 5.41) is 3.93. The van der Waals surface area contributed by atoms with Crippen LogP contribution in [0.15, 0.2) is 28.8 Å². The number of alkyl halides is 1.